The fraction of sp³-hybridized carbons (Fsp3) is 0.133. The monoisotopic (exact) mass is 265 g/mol. The second-order valence-electron chi connectivity index (χ2n) is 4.67. The van der Waals surface area contributed by atoms with Crippen LogP contribution in [-0.4, -0.2) is 29.0 Å². The normalized spacial score (nSPS) is 10.5. The Labute approximate surface area is 117 Å². The number of hydrogen-bond donors (Lipinski definition) is 1. The molecule has 1 N–H and O–H groups in total. The zero-order chi connectivity index (χ0) is 13.9. The van der Waals surface area contributed by atoms with Crippen LogP contribution in [0.1, 0.15) is 0 Å². The van der Waals surface area contributed by atoms with Gasteiger partial charge in [-0.15, -0.1) is 0 Å². The van der Waals surface area contributed by atoms with Gasteiger partial charge in [0.2, 0.25) is 0 Å². The van der Waals surface area contributed by atoms with Gasteiger partial charge in [-0.25, -0.2) is 9.97 Å². The van der Waals surface area contributed by atoms with Crippen LogP contribution < -0.4 is 10.2 Å². The van der Waals surface area contributed by atoms with Crippen molar-refractivity contribution in [3.8, 4) is 0 Å². The number of aromatic nitrogens is 3. The number of pyridine rings is 1. The van der Waals surface area contributed by atoms with Crippen molar-refractivity contribution < 1.29 is 0 Å². The number of benzene rings is 1. The highest BCUT2D eigenvalue weighted by Gasteiger charge is 2.01. The molecule has 0 atom stereocenters. The van der Waals surface area contributed by atoms with Crippen LogP contribution in [0.2, 0.25) is 0 Å². The number of rotatable bonds is 3. The second-order valence-corrected chi connectivity index (χ2v) is 4.67. The van der Waals surface area contributed by atoms with Crippen molar-refractivity contribution in [1.29, 1.82) is 0 Å². The van der Waals surface area contributed by atoms with Gasteiger partial charge in [-0.3, -0.25) is 4.98 Å². The van der Waals surface area contributed by atoms with Crippen molar-refractivity contribution in [2.24, 2.45) is 0 Å². The van der Waals surface area contributed by atoms with Gasteiger partial charge in [-0.2, -0.15) is 0 Å². The predicted molar refractivity (Wildman–Crippen MR) is 81.4 cm³/mol. The molecule has 0 saturated heterocycles. The highest BCUT2D eigenvalue weighted by molar-refractivity contribution is 5.76. The Kier molecular flexibility index (Phi) is 3.16. The van der Waals surface area contributed by atoms with Crippen LogP contribution in [-0.2, 0) is 0 Å². The number of anilines is 3. The minimum atomic E-state index is 0.711. The van der Waals surface area contributed by atoms with Crippen LogP contribution in [0, 0.1) is 0 Å². The fourth-order valence-electron chi connectivity index (χ4n) is 1.89. The standard InChI is InChI=1S/C15H15N5/c1-20(2)15-8-7-11(9-17-15)18-14-10-16-12-5-3-4-6-13(12)19-14/h3-10H,1-2H3,(H,18,19). The summed E-state index contributed by atoms with van der Waals surface area (Å²) in [4.78, 5) is 15.2. The molecule has 3 aromatic rings. The predicted octanol–water partition coefficient (Wildman–Crippen LogP) is 2.83. The molecule has 2 aromatic heterocycles. The lowest BCUT2D eigenvalue weighted by Crippen LogP contribution is -2.10. The average Bonchev–Trinajstić information content (AvgIpc) is 2.48. The third-order valence-corrected chi connectivity index (χ3v) is 2.93. The summed E-state index contributed by atoms with van der Waals surface area (Å²) in [5, 5.41) is 3.21. The van der Waals surface area contributed by atoms with Gasteiger partial charge in [-0.1, -0.05) is 12.1 Å². The minimum Gasteiger partial charge on any atom is -0.363 e. The summed E-state index contributed by atoms with van der Waals surface area (Å²) >= 11 is 0. The molecule has 0 amide bonds. The van der Waals surface area contributed by atoms with E-state index in [0.29, 0.717) is 5.82 Å². The lowest BCUT2D eigenvalue weighted by Gasteiger charge is -2.11. The molecule has 2 heterocycles. The second kappa shape index (κ2) is 5.13. The molecule has 5 heteroatoms. The summed E-state index contributed by atoms with van der Waals surface area (Å²) in [7, 11) is 3.93. The number of hydrogen-bond acceptors (Lipinski definition) is 5. The molecule has 0 fully saturated rings. The van der Waals surface area contributed by atoms with Crippen LogP contribution in [0.4, 0.5) is 17.3 Å². The van der Waals surface area contributed by atoms with Gasteiger partial charge in [0, 0.05) is 14.1 Å². The maximum absolute atomic E-state index is 4.52. The van der Waals surface area contributed by atoms with Crippen LogP contribution in [0.5, 0.6) is 0 Å². The van der Waals surface area contributed by atoms with Gasteiger partial charge in [0.15, 0.2) is 0 Å². The van der Waals surface area contributed by atoms with Crippen LogP contribution in [0.25, 0.3) is 11.0 Å². The van der Waals surface area contributed by atoms with Crippen LogP contribution in [0.3, 0.4) is 0 Å². The van der Waals surface area contributed by atoms with E-state index in [9.17, 15) is 0 Å². The first-order chi connectivity index (χ1) is 9.72. The fourth-order valence-corrected chi connectivity index (χ4v) is 1.89. The van der Waals surface area contributed by atoms with E-state index in [2.05, 4.69) is 20.3 Å². The average molecular weight is 265 g/mol. The summed E-state index contributed by atoms with van der Waals surface area (Å²) in [5.74, 6) is 1.63. The van der Waals surface area contributed by atoms with E-state index < -0.39 is 0 Å². The Hall–Kier alpha value is -2.69. The molecule has 3 rings (SSSR count). The molecule has 1 aromatic carbocycles. The number of nitrogens with zero attached hydrogens (tertiary/aromatic N) is 4. The van der Waals surface area contributed by atoms with Crippen molar-refractivity contribution >= 4 is 28.4 Å². The molecular weight excluding hydrogens is 250 g/mol. The highest BCUT2D eigenvalue weighted by atomic mass is 15.1. The maximum atomic E-state index is 4.52. The first-order valence-electron chi connectivity index (χ1n) is 6.34. The number of fused-ring (bicyclic) bond motifs is 1. The zero-order valence-corrected chi connectivity index (χ0v) is 11.4. The third kappa shape index (κ3) is 2.51. The van der Waals surface area contributed by atoms with E-state index >= 15 is 0 Å². The molecule has 0 aliphatic rings. The molecule has 0 aliphatic heterocycles. The van der Waals surface area contributed by atoms with Gasteiger partial charge in [-0.05, 0) is 24.3 Å². The molecule has 20 heavy (non-hydrogen) atoms. The largest absolute Gasteiger partial charge is 0.363 e. The van der Waals surface area contributed by atoms with Crippen molar-refractivity contribution in [3.05, 3.63) is 48.8 Å². The maximum Gasteiger partial charge on any atom is 0.149 e. The van der Waals surface area contributed by atoms with Gasteiger partial charge in [0.1, 0.15) is 11.6 Å². The Morgan fingerprint density at radius 1 is 0.900 bits per heavy atom. The summed E-state index contributed by atoms with van der Waals surface area (Å²) in [6.45, 7) is 0. The molecule has 0 bridgehead atoms. The third-order valence-electron chi connectivity index (χ3n) is 2.93. The zero-order valence-electron chi connectivity index (χ0n) is 11.4. The first-order valence-corrected chi connectivity index (χ1v) is 6.34. The molecule has 0 aliphatic carbocycles. The summed E-state index contributed by atoms with van der Waals surface area (Å²) in [6, 6.07) is 11.7. The summed E-state index contributed by atoms with van der Waals surface area (Å²) in [5.41, 5.74) is 2.65. The van der Waals surface area contributed by atoms with E-state index in [4.69, 9.17) is 0 Å². The Morgan fingerprint density at radius 2 is 1.70 bits per heavy atom. The van der Waals surface area contributed by atoms with Gasteiger partial charge in [0.25, 0.3) is 0 Å². The van der Waals surface area contributed by atoms with Crippen LogP contribution >= 0.6 is 0 Å². The smallest absolute Gasteiger partial charge is 0.149 e. The van der Waals surface area contributed by atoms with E-state index in [1.54, 1.807) is 12.4 Å². The van der Waals surface area contributed by atoms with Crippen molar-refractivity contribution in [1.82, 2.24) is 15.0 Å². The molecular formula is C15H15N5. The summed E-state index contributed by atoms with van der Waals surface area (Å²) in [6.07, 6.45) is 3.51. The van der Waals surface area contributed by atoms with Gasteiger partial charge >= 0.3 is 0 Å². The molecule has 0 unspecified atom stereocenters. The van der Waals surface area contributed by atoms with Gasteiger partial charge in [0.05, 0.1) is 29.1 Å². The number of nitrogens with one attached hydrogen (secondary N) is 1. The van der Waals surface area contributed by atoms with E-state index in [1.807, 2.05) is 55.4 Å². The SMILES string of the molecule is CN(C)c1ccc(Nc2cnc3ccccc3n2)cn1. The van der Waals surface area contributed by atoms with Crippen LogP contribution in [0.15, 0.2) is 48.8 Å². The van der Waals surface area contributed by atoms with Crippen molar-refractivity contribution in [2.45, 2.75) is 0 Å². The first kappa shape index (κ1) is 12.3. The Balaban J connectivity index is 1.85. The highest BCUT2D eigenvalue weighted by Crippen LogP contribution is 2.17. The lowest BCUT2D eigenvalue weighted by molar-refractivity contribution is 1.07. The molecule has 0 saturated carbocycles. The van der Waals surface area contributed by atoms with Crippen molar-refractivity contribution in [2.75, 3.05) is 24.3 Å². The van der Waals surface area contributed by atoms with Crippen molar-refractivity contribution in [3.63, 3.8) is 0 Å². The molecule has 0 spiro atoms. The number of para-hydroxylation sites is 2. The van der Waals surface area contributed by atoms with Gasteiger partial charge < -0.3 is 10.2 Å². The quantitative estimate of drug-likeness (QED) is 0.789. The summed E-state index contributed by atoms with van der Waals surface area (Å²) < 4.78 is 0. The lowest BCUT2D eigenvalue weighted by atomic mass is 10.3. The molecule has 0 radical (unpaired) electrons. The topological polar surface area (TPSA) is 53.9 Å². The van der Waals surface area contributed by atoms with E-state index in [1.165, 1.54) is 0 Å². The Bertz CT molecular complexity index is 722. The Morgan fingerprint density at radius 3 is 2.40 bits per heavy atom. The minimum absolute atomic E-state index is 0.711. The molecule has 5 nitrogen and oxygen atoms in total. The molecule has 100 valence electrons. The van der Waals surface area contributed by atoms with E-state index in [-0.39, 0.29) is 0 Å². The van der Waals surface area contributed by atoms with E-state index in [0.717, 1.165) is 22.5 Å².